The summed E-state index contributed by atoms with van der Waals surface area (Å²) >= 11 is 1.12. The fourth-order valence-electron chi connectivity index (χ4n) is 4.65. The number of hydrogen-bond acceptors (Lipinski definition) is 5. The average Bonchev–Trinajstić information content (AvgIpc) is 3.45. The number of aliphatic imine (C=N–C) groups is 1. The van der Waals surface area contributed by atoms with Crippen molar-refractivity contribution >= 4 is 28.0 Å². The van der Waals surface area contributed by atoms with Gasteiger partial charge in [0.05, 0.1) is 22.0 Å². The highest BCUT2D eigenvalue weighted by Gasteiger charge is 2.23. The van der Waals surface area contributed by atoms with E-state index in [-0.39, 0.29) is 5.13 Å². The highest BCUT2D eigenvalue weighted by atomic mass is 32.1. The molecule has 0 bridgehead atoms. The lowest BCUT2D eigenvalue weighted by Gasteiger charge is -2.24. The maximum atomic E-state index is 13.6. The second-order valence-electron chi connectivity index (χ2n) is 8.16. The van der Waals surface area contributed by atoms with E-state index < -0.39 is 0 Å². The van der Waals surface area contributed by atoms with Crippen LogP contribution in [0.1, 0.15) is 41.4 Å². The van der Waals surface area contributed by atoms with Gasteiger partial charge < -0.3 is 10.3 Å². The number of fused-ring (bicyclic) bond motifs is 2. The predicted molar refractivity (Wildman–Crippen MR) is 123 cm³/mol. The number of nitrogens with zero attached hydrogens (tertiary/aromatic N) is 3. The molecule has 7 heteroatoms. The Balaban J connectivity index is 1.43. The van der Waals surface area contributed by atoms with Gasteiger partial charge in [-0.15, -0.1) is 11.3 Å². The van der Waals surface area contributed by atoms with Crippen molar-refractivity contribution in [3.8, 4) is 10.6 Å². The fraction of sp³-hybridized carbons (Fsp3) is 0.292. The smallest absolute Gasteiger partial charge is 0.177 e. The lowest BCUT2D eigenvalue weighted by Crippen LogP contribution is -2.27. The SMILES string of the molecule is Fc1ccc(-c2nccc3[nH]c(C4=NCCc5ccc(C6CCNCC6)nc54)cc23)s1. The fourth-order valence-corrected chi connectivity index (χ4v) is 5.39. The normalized spacial score (nSPS) is 17.0. The van der Waals surface area contributed by atoms with E-state index in [0.29, 0.717) is 5.92 Å². The van der Waals surface area contributed by atoms with Crippen LogP contribution in [-0.4, -0.2) is 40.3 Å². The third-order valence-corrected chi connectivity index (χ3v) is 7.12. The summed E-state index contributed by atoms with van der Waals surface area (Å²) in [4.78, 5) is 18.8. The number of halogens is 1. The third kappa shape index (κ3) is 3.38. The van der Waals surface area contributed by atoms with Crippen LogP contribution in [0.3, 0.4) is 0 Å². The van der Waals surface area contributed by atoms with Gasteiger partial charge in [0.25, 0.3) is 0 Å². The molecule has 0 aliphatic carbocycles. The van der Waals surface area contributed by atoms with Crippen molar-refractivity contribution in [3.05, 3.63) is 70.4 Å². The molecule has 31 heavy (non-hydrogen) atoms. The van der Waals surface area contributed by atoms with Crippen molar-refractivity contribution < 1.29 is 4.39 Å². The van der Waals surface area contributed by atoms with E-state index >= 15 is 0 Å². The quantitative estimate of drug-likeness (QED) is 0.495. The number of H-pyrrole nitrogens is 1. The molecule has 0 amide bonds. The monoisotopic (exact) mass is 431 g/mol. The Labute approximate surface area is 183 Å². The van der Waals surface area contributed by atoms with Crippen LogP contribution in [0.5, 0.6) is 0 Å². The van der Waals surface area contributed by atoms with Crippen LogP contribution in [-0.2, 0) is 6.42 Å². The van der Waals surface area contributed by atoms with Gasteiger partial charge in [-0.25, -0.2) is 0 Å². The third-order valence-electron chi connectivity index (χ3n) is 6.24. The van der Waals surface area contributed by atoms with Gasteiger partial charge in [-0.05, 0) is 68.2 Å². The number of nitrogens with one attached hydrogen (secondary N) is 2. The summed E-state index contributed by atoms with van der Waals surface area (Å²) in [6, 6.07) is 11.8. The summed E-state index contributed by atoms with van der Waals surface area (Å²) < 4.78 is 13.6. The second kappa shape index (κ2) is 7.66. The Kier molecular flexibility index (Phi) is 4.65. The predicted octanol–water partition coefficient (Wildman–Crippen LogP) is 4.69. The zero-order chi connectivity index (χ0) is 20.8. The van der Waals surface area contributed by atoms with E-state index in [1.54, 1.807) is 12.3 Å². The minimum Gasteiger partial charge on any atom is -0.353 e. The molecular weight excluding hydrogens is 409 g/mol. The summed E-state index contributed by atoms with van der Waals surface area (Å²) in [5, 5.41) is 4.20. The summed E-state index contributed by atoms with van der Waals surface area (Å²) in [5.74, 6) is 0.502. The zero-order valence-electron chi connectivity index (χ0n) is 17.0. The van der Waals surface area contributed by atoms with Gasteiger partial charge in [0.15, 0.2) is 5.13 Å². The molecule has 0 unspecified atom stereocenters. The Morgan fingerprint density at radius 1 is 1.03 bits per heavy atom. The maximum Gasteiger partial charge on any atom is 0.177 e. The minimum absolute atomic E-state index is 0.204. The van der Waals surface area contributed by atoms with Gasteiger partial charge in [0.1, 0.15) is 5.71 Å². The molecule has 2 aliphatic heterocycles. The molecule has 4 aromatic heterocycles. The van der Waals surface area contributed by atoms with E-state index in [4.69, 9.17) is 9.98 Å². The molecule has 0 saturated carbocycles. The summed E-state index contributed by atoms with van der Waals surface area (Å²) in [7, 11) is 0. The molecule has 2 N–H and O–H groups in total. The van der Waals surface area contributed by atoms with Crippen LogP contribution in [0.15, 0.2) is 47.6 Å². The van der Waals surface area contributed by atoms with Crippen LogP contribution in [0, 0.1) is 5.13 Å². The van der Waals surface area contributed by atoms with E-state index in [1.165, 1.54) is 17.3 Å². The molecule has 2 aliphatic rings. The molecule has 0 spiro atoms. The number of aromatic amines is 1. The topological polar surface area (TPSA) is 66.0 Å². The lowest BCUT2D eigenvalue weighted by atomic mass is 9.92. The summed E-state index contributed by atoms with van der Waals surface area (Å²) in [6.45, 7) is 2.85. The molecule has 6 heterocycles. The largest absolute Gasteiger partial charge is 0.353 e. The van der Waals surface area contributed by atoms with Gasteiger partial charge in [0.2, 0.25) is 0 Å². The number of piperidine rings is 1. The molecular formula is C24H22FN5S. The first-order chi connectivity index (χ1) is 15.3. The first kappa shape index (κ1) is 18.8. The molecule has 0 radical (unpaired) electrons. The first-order valence-electron chi connectivity index (χ1n) is 10.8. The molecule has 5 nitrogen and oxygen atoms in total. The Morgan fingerprint density at radius 3 is 2.77 bits per heavy atom. The first-order valence-corrected chi connectivity index (χ1v) is 11.6. The molecule has 1 saturated heterocycles. The van der Waals surface area contributed by atoms with E-state index in [2.05, 4.69) is 33.5 Å². The lowest BCUT2D eigenvalue weighted by molar-refractivity contribution is 0.453. The van der Waals surface area contributed by atoms with Crippen LogP contribution in [0.25, 0.3) is 21.5 Å². The van der Waals surface area contributed by atoms with E-state index in [0.717, 1.165) is 88.8 Å². The van der Waals surface area contributed by atoms with Crippen LogP contribution >= 0.6 is 11.3 Å². The molecule has 156 valence electrons. The number of hydrogen-bond donors (Lipinski definition) is 2. The van der Waals surface area contributed by atoms with Crippen LogP contribution in [0.2, 0.25) is 0 Å². The Bertz CT molecular complexity index is 1300. The molecule has 0 aromatic carbocycles. The Hall–Kier alpha value is -2.90. The van der Waals surface area contributed by atoms with Crippen LogP contribution < -0.4 is 5.32 Å². The maximum absolute atomic E-state index is 13.6. The van der Waals surface area contributed by atoms with Crippen molar-refractivity contribution in [1.82, 2.24) is 20.3 Å². The van der Waals surface area contributed by atoms with E-state index in [9.17, 15) is 4.39 Å². The van der Waals surface area contributed by atoms with Crippen molar-refractivity contribution in [1.29, 1.82) is 0 Å². The minimum atomic E-state index is -0.204. The van der Waals surface area contributed by atoms with Crippen molar-refractivity contribution in [2.45, 2.75) is 25.2 Å². The van der Waals surface area contributed by atoms with Crippen molar-refractivity contribution in [3.63, 3.8) is 0 Å². The molecule has 6 rings (SSSR count). The highest BCUT2D eigenvalue weighted by Crippen LogP contribution is 2.33. The standard InChI is InChI=1S/C24H22FN5S/c25-21-4-3-20(31-21)23-16-13-19(29-18(16)8-12-27-23)24-22-15(7-11-28-24)1-2-17(30-22)14-5-9-26-10-6-14/h1-4,8,12-14,26,29H,5-7,9-11H2. The number of pyridine rings is 2. The van der Waals surface area contributed by atoms with E-state index in [1.807, 2.05) is 6.07 Å². The van der Waals surface area contributed by atoms with Gasteiger partial charge in [-0.3, -0.25) is 15.0 Å². The average molecular weight is 432 g/mol. The van der Waals surface area contributed by atoms with Crippen LogP contribution in [0.4, 0.5) is 4.39 Å². The number of aromatic nitrogens is 3. The number of rotatable bonds is 3. The summed E-state index contributed by atoms with van der Waals surface area (Å²) in [5.41, 5.74) is 7.03. The second-order valence-corrected chi connectivity index (χ2v) is 9.19. The molecule has 4 aromatic rings. The van der Waals surface area contributed by atoms with Crippen molar-refractivity contribution in [2.24, 2.45) is 4.99 Å². The van der Waals surface area contributed by atoms with Gasteiger partial charge in [-0.1, -0.05) is 6.07 Å². The Morgan fingerprint density at radius 2 is 1.94 bits per heavy atom. The molecule has 0 atom stereocenters. The summed E-state index contributed by atoms with van der Waals surface area (Å²) in [6.07, 6.45) is 4.92. The zero-order valence-corrected chi connectivity index (χ0v) is 17.8. The van der Waals surface area contributed by atoms with Gasteiger partial charge in [0, 0.05) is 35.3 Å². The number of thiophene rings is 1. The van der Waals surface area contributed by atoms with Crippen molar-refractivity contribution in [2.75, 3.05) is 19.6 Å². The van der Waals surface area contributed by atoms with Gasteiger partial charge >= 0.3 is 0 Å². The molecule has 1 fully saturated rings. The highest BCUT2D eigenvalue weighted by molar-refractivity contribution is 7.13. The van der Waals surface area contributed by atoms with Gasteiger partial charge in [-0.2, -0.15) is 4.39 Å².